The van der Waals surface area contributed by atoms with Crippen molar-refractivity contribution < 1.29 is 4.79 Å². The predicted molar refractivity (Wildman–Crippen MR) is 78.2 cm³/mol. The topological polar surface area (TPSA) is 42.0 Å². The molecule has 102 valence electrons. The van der Waals surface area contributed by atoms with Crippen LogP contribution in [0.4, 0.5) is 5.82 Å². The van der Waals surface area contributed by atoms with Gasteiger partial charge in [0.25, 0.3) is 0 Å². The van der Waals surface area contributed by atoms with Crippen LogP contribution in [0.5, 0.6) is 0 Å². The molecule has 1 aromatic heterocycles. The molecule has 0 radical (unpaired) electrons. The van der Waals surface area contributed by atoms with Crippen LogP contribution in [0.1, 0.15) is 19.4 Å². The molecule has 1 aliphatic rings. The van der Waals surface area contributed by atoms with Gasteiger partial charge in [0.05, 0.1) is 5.92 Å². The zero-order valence-electron chi connectivity index (χ0n) is 11.1. The number of amides is 1. The van der Waals surface area contributed by atoms with Crippen molar-refractivity contribution in [1.82, 2.24) is 4.98 Å². The van der Waals surface area contributed by atoms with Gasteiger partial charge < -0.3 is 5.32 Å². The van der Waals surface area contributed by atoms with Gasteiger partial charge in [-0.2, -0.15) is 0 Å². The molecule has 1 heterocycles. The molecule has 1 fully saturated rings. The first-order chi connectivity index (χ1) is 8.82. The minimum atomic E-state index is -0.122. The molecule has 1 aliphatic carbocycles. The molecule has 0 aliphatic heterocycles. The highest BCUT2D eigenvalue weighted by molar-refractivity contribution is 6.55. The smallest absolute Gasteiger partial charge is 0.229 e. The molecule has 1 amide bonds. The monoisotopic (exact) mass is 298 g/mol. The van der Waals surface area contributed by atoms with Crippen molar-refractivity contribution >= 4 is 34.9 Å². The minimum absolute atomic E-state index is 0.0443. The van der Waals surface area contributed by atoms with Gasteiger partial charge in [-0.15, -0.1) is 0 Å². The fraction of sp³-hybridized carbons (Fsp3) is 0.429. The largest absolute Gasteiger partial charge is 0.310 e. The number of carbonyl (C=O) groups is 1. The Morgan fingerprint density at radius 3 is 2.63 bits per heavy atom. The zero-order valence-corrected chi connectivity index (χ0v) is 12.6. The van der Waals surface area contributed by atoms with Crippen molar-refractivity contribution in [2.45, 2.75) is 20.8 Å². The molecule has 1 aromatic rings. The number of nitrogens with one attached hydrogen (secondary N) is 1. The van der Waals surface area contributed by atoms with Crippen molar-refractivity contribution in [3.05, 3.63) is 34.5 Å². The number of anilines is 1. The van der Waals surface area contributed by atoms with E-state index in [1.807, 2.05) is 26.8 Å². The standard InChI is InChI=1S/C14H16Cl2N2O/c1-8-4-5-11(17-7-8)18-13(19)12-9(6-10(15)16)14(12,2)3/h4-7,9,12H,1-3H3,(H,17,18,19). The Hall–Kier alpha value is -1.06. The zero-order chi connectivity index (χ0) is 14.2. The number of allylic oxidation sites excluding steroid dienone is 1. The van der Waals surface area contributed by atoms with E-state index in [0.29, 0.717) is 5.82 Å². The van der Waals surface area contributed by atoms with E-state index in [-0.39, 0.29) is 27.6 Å². The third-order valence-corrected chi connectivity index (χ3v) is 3.91. The number of aromatic nitrogens is 1. The molecule has 0 saturated heterocycles. The third kappa shape index (κ3) is 3.10. The van der Waals surface area contributed by atoms with Crippen molar-refractivity contribution in [1.29, 1.82) is 0 Å². The summed E-state index contributed by atoms with van der Waals surface area (Å²) in [4.78, 5) is 16.4. The fourth-order valence-corrected chi connectivity index (χ4v) is 2.64. The number of aryl methyl sites for hydroxylation is 1. The lowest BCUT2D eigenvalue weighted by molar-refractivity contribution is -0.118. The fourth-order valence-electron chi connectivity index (χ4n) is 2.37. The Balaban J connectivity index is 2.05. The molecule has 19 heavy (non-hydrogen) atoms. The lowest BCUT2D eigenvalue weighted by Gasteiger charge is -2.05. The summed E-state index contributed by atoms with van der Waals surface area (Å²) in [6, 6.07) is 3.70. The van der Waals surface area contributed by atoms with Crippen molar-refractivity contribution in [2.75, 3.05) is 5.32 Å². The molecule has 3 nitrogen and oxygen atoms in total. The van der Waals surface area contributed by atoms with E-state index in [1.165, 1.54) is 0 Å². The number of nitrogens with zero attached hydrogens (tertiary/aromatic N) is 1. The maximum atomic E-state index is 12.2. The lowest BCUT2D eigenvalue weighted by atomic mass is 10.1. The van der Waals surface area contributed by atoms with Crippen LogP contribution in [0, 0.1) is 24.2 Å². The highest BCUT2D eigenvalue weighted by atomic mass is 35.5. The lowest BCUT2D eigenvalue weighted by Crippen LogP contribution is -2.17. The van der Waals surface area contributed by atoms with E-state index in [2.05, 4.69) is 10.3 Å². The molecule has 1 saturated carbocycles. The SMILES string of the molecule is Cc1ccc(NC(=O)C2C(C=C(Cl)Cl)C2(C)C)nc1. The molecule has 0 bridgehead atoms. The van der Waals surface area contributed by atoms with Crippen molar-refractivity contribution in [3.8, 4) is 0 Å². The van der Waals surface area contributed by atoms with E-state index in [1.54, 1.807) is 18.3 Å². The predicted octanol–water partition coefficient (Wildman–Crippen LogP) is 3.92. The van der Waals surface area contributed by atoms with Crippen LogP contribution in [-0.2, 0) is 4.79 Å². The van der Waals surface area contributed by atoms with Gasteiger partial charge in [0, 0.05) is 6.20 Å². The Labute approximate surface area is 123 Å². The minimum Gasteiger partial charge on any atom is -0.310 e. The van der Waals surface area contributed by atoms with Gasteiger partial charge >= 0.3 is 0 Å². The molecule has 0 spiro atoms. The highest BCUT2D eigenvalue weighted by Crippen LogP contribution is 2.59. The van der Waals surface area contributed by atoms with Crippen LogP contribution >= 0.6 is 23.2 Å². The van der Waals surface area contributed by atoms with E-state index in [9.17, 15) is 4.79 Å². The van der Waals surface area contributed by atoms with Crippen LogP contribution in [0.2, 0.25) is 0 Å². The van der Waals surface area contributed by atoms with E-state index >= 15 is 0 Å². The Kier molecular flexibility index (Phi) is 3.88. The first-order valence-electron chi connectivity index (χ1n) is 6.08. The average Bonchev–Trinajstić information content (AvgIpc) is 2.83. The number of carbonyl (C=O) groups excluding carboxylic acids is 1. The van der Waals surface area contributed by atoms with Crippen LogP contribution in [0.25, 0.3) is 0 Å². The summed E-state index contributed by atoms with van der Waals surface area (Å²) in [5, 5.41) is 2.82. The van der Waals surface area contributed by atoms with Gasteiger partial charge in [-0.05, 0) is 36.0 Å². The number of hydrogen-bond acceptors (Lipinski definition) is 2. The van der Waals surface area contributed by atoms with E-state index < -0.39 is 0 Å². The molecular weight excluding hydrogens is 283 g/mol. The number of rotatable bonds is 3. The normalized spacial score (nSPS) is 23.6. The summed E-state index contributed by atoms with van der Waals surface area (Å²) in [5.74, 6) is 0.473. The van der Waals surface area contributed by atoms with Crippen LogP contribution < -0.4 is 5.32 Å². The molecule has 2 atom stereocenters. The maximum absolute atomic E-state index is 12.2. The van der Waals surface area contributed by atoms with Gasteiger partial charge in [-0.25, -0.2) is 4.98 Å². The summed E-state index contributed by atoms with van der Waals surface area (Å²) in [7, 11) is 0. The molecule has 2 rings (SSSR count). The van der Waals surface area contributed by atoms with E-state index in [4.69, 9.17) is 23.2 Å². The van der Waals surface area contributed by atoms with Crippen molar-refractivity contribution in [2.24, 2.45) is 17.3 Å². The molecule has 1 N–H and O–H groups in total. The van der Waals surface area contributed by atoms with Crippen LogP contribution in [0.3, 0.4) is 0 Å². The second-order valence-corrected chi connectivity index (χ2v) is 6.50. The molecule has 2 unspecified atom stereocenters. The summed E-state index contributed by atoms with van der Waals surface area (Å²) >= 11 is 11.3. The number of hydrogen-bond donors (Lipinski definition) is 1. The summed E-state index contributed by atoms with van der Waals surface area (Å²) in [6.07, 6.45) is 3.45. The van der Waals surface area contributed by atoms with Gasteiger partial charge in [0.2, 0.25) is 5.91 Å². The quantitative estimate of drug-likeness (QED) is 0.919. The Bertz CT molecular complexity index is 519. The average molecular weight is 299 g/mol. The van der Waals surface area contributed by atoms with Gasteiger partial charge in [-0.1, -0.05) is 43.1 Å². The van der Waals surface area contributed by atoms with Crippen molar-refractivity contribution in [3.63, 3.8) is 0 Å². The molecule has 0 aromatic carbocycles. The van der Waals surface area contributed by atoms with E-state index in [0.717, 1.165) is 5.56 Å². The molecular formula is C14H16Cl2N2O. The second kappa shape index (κ2) is 5.14. The second-order valence-electron chi connectivity index (χ2n) is 5.49. The first kappa shape index (κ1) is 14.4. The highest BCUT2D eigenvalue weighted by Gasteiger charge is 2.60. The Morgan fingerprint density at radius 2 is 2.11 bits per heavy atom. The van der Waals surface area contributed by atoms with Crippen LogP contribution in [-0.4, -0.2) is 10.9 Å². The van der Waals surface area contributed by atoms with Gasteiger partial charge in [-0.3, -0.25) is 4.79 Å². The number of halogens is 2. The number of pyridine rings is 1. The summed E-state index contributed by atoms with van der Waals surface area (Å²) in [5.41, 5.74) is 0.934. The Morgan fingerprint density at radius 1 is 1.42 bits per heavy atom. The summed E-state index contributed by atoms with van der Waals surface area (Å²) < 4.78 is 0.210. The summed E-state index contributed by atoms with van der Waals surface area (Å²) in [6.45, 7) is 6.00. The van der Waals surface area contributed by atoms with Crippen LogP contribution in [0.15, 0.2) is 28.9 Å². The molecule has 5 heteroatoms. The van der Waals surface area contributed by atoms with Gasteiger partial charge in [0.1, 0.15) is 10.3 Å². The van der Waals surface area contributed by atoms with Gasteiger partial charge in [0.15, 0.2) is 0 Å². The maximum Gasteiger partial charge on any atom is 0.229 e. The first-order valence-corrected chi connectivity index (χ1v) is 6.84. The third-order valence-electron chi connectivity index (χ3n) is 3.66.